The standard InChI is InChI=1S/C11H14ClN5S/c12-9-5-3-4-8(14-9)10(13)15-16-11(18)17-6-1-2-7-17/h3-5H,1-2,6-7H2,(H2,13,15)(H,16,18). The number of hydrazone groups is 1. The largest absolute Gasteiger partial charge is 0.380 e. The molecule has 1 aromatic heterocycles. The van der Waals surface area contributed by atoms with Crippen molar-refractivity contribution < 1.29 is 0 Å². The smallest absolute Gasteiger partial charge is 0.189 e. The van der Waals surface area contributed by atoms with Gasteiger partial charge in [-0.15, -0.1) is 0 Å². The van der Waals surface area contributed by atoms with Crippen LogP contribution >= 0.6 is 23.8 Å². The fourth-order valence-corrected chi connectivity index (χ4v) is 2.10. The molecule has 0 saturated carbocycles. The molecule has 0 amide bonds. The minimum absolute atomic E-state index is 0.263. The second-order valence-corrected chi connectivity index (χ2v) is 4.73. The number of pyridine rings is 1. The molecule has 0 bridgehead atoms. The van der Waals surface area contributed by atoms with Crippen molar-refractivity contribution in [3.8, 4) is 0 Å². The maximum absolute atomic E-state index is 5.80. The summed E-state index contributed by atoms with van der Waals surface area (Å²) in [7, 11) is 0. The molecule has 1 aliphatic rings. The lowest BCUT2D eigenvalue weighted by Gasteiger charge is -2.17. The molecular weight excluding hydrogens is 270 g/mol. The summed E-state index contributed by atoms with van der Waals surface area (Å²) in [6.45, 7) is 1.94. The molecule has 0 spiro atoms. The van der Waals surface area contributed by atoms with Crippen LogP contribution in [0.4, 0.5) is 0 Å². The second-order valence-electron chi connectivity index (χ2n) is 3.95. The van der Waals surface area contributed by atoms with Crippen molar-refractivity contribution in [3.63, 3.8) is 0 Å². The molecule has 5 nitrogen and oxygen atoms in total. The van der Waals surface area contributed by atoms with Crippen LogP contribution in [-0.2, 0) is 0 Å². The highest BCUT2D eigenvalue weighted by molar-refractivity contribution is 7.80. The van der Waals surface area contributed by atoms with Crippen molar-refractivity contribution in [2.75, 3.05) is 13.1 Å². The molecule has 0 aliphatic carbocycles. The molecule has 7 heteroatoms. The number of hydrogen-bond acceptors (Lipinski definition) is 3. The number of aromatic nitrogens is 1. The third-order valence-electron chi connectivity index (χ3n) is 2.64. The van der Waals surface area contributed by atoms with Gasteiger partial charge in [-0.05, 0) is 37.2 Å². The summed E-state index contributed by atoms with van der Waals surface area (Å²) in [5, 5.41) is 5.00. The predicted molar refractivity (Wildman–Crippen MR) is 76.5 cm³/mol. The van der Waals surface area contributed by atoms with Crippen LogP contribution < -0.4 is 11.2 Å². The molecule has 96 valence electrons. The van der Waals surface area contributed by atoms with Crippen LogP contribution in [0.5, 0.6) is 0 Å². The highest BCUT2D eigenvalue weighted by Crippen LogP contribution is 2.07. The zero-order valence-electron chi connectivity index (χ0n) is 9.77. The molecule has 0 unspecified atom stereocenters. The normalized spacial score (nSPS) is 15.8. The zero-order valence-corrected chi connectivity index (χ0v) is 11.3. The number of rotatable bonds is 2. The van der Waals surface area contributed by atoms with E-state index in [1.165, 1.54) is 0 Å². The van der Waals surface area contributed by atoms with E-state index in [-0.39, 0.29) is 5.84 Å². The highest BCUT2D eigenvalue weighted by Gasteiger charge is 2.14. The maximum atomic E-state index is 5.80. The van der Waals surface area contributed by atoms with E-state index in [0.29, 0.717) is 16.0 Å². The summed E-state index contributed by atoms with van der Waals surface area (Å²) in [5.41, 5.74) is 9.11. The molecule has 2 heterocycles. The first-order valence-corrected chi connectivity index (χ1v) is 6.46. The van der Waals surface area contributed by atoms with E-state index >= 15 is 0 Å². The summed E-state index contributed by atoms with van der Waals surface area (Å²) in [5.74, 6) is 0.263. The Morgan fingerprint density at radius 2 is 2.17 bits per heavy atom. The summed E-state index contributed by atoms with van der Waals surface area (Å²) >= 11 is 11.0. The van der Waals surface area contributed by atoms with Gasteiger partial charge in [-0.1, -0.05) is 17.7 Å². The lowest BCUT2D eigenvalue weighted by Crippen LogP contribution is -2.36. The van der Waals surface area contributed by atoms with E-state index in [1.54, 1.807) is 18.2 Å². The van der Waals surface area contributed by atoms with Crippen LogP contribution in [0.3, 0.4) is 0 Å². The van der Waals surface area contributed by atoms with E-state index in [9.17, 15) is 0 Å². The van der Waals surface area contributed by atoms with Gasteiger partial charge in [0.25, 0.3) is 0 Å². The van der Waals surface area contributed by atoms with Crippen LogP contribution in [0.2, 0.25) is 5.15 Å². The van der Waals surface area contributed by atoms with E-state index in [2.05, 4.69) is 20.4 Å². The molecule has 0 atom stereocenters. The predicted octanol–water partition coefficient (Wildman–Crippen LogP) is 1.33. The summed E-state index contributed by atoms with van der Waals surface area (Å²) in [6, 6.07) is 5.19. The third-order valence-corrected chi connectivity index (χ3v) is 3.20. The lowest BCUT2D eigenvalue weighted by atomic mass is 10.3. The topological polar surface area (TPSA) is 66.5 Å². The van der Waals surface area contributed by atoms with Crippen LogP contribution in [0, 0.1) is 0 Å². The van der Waals surface area contributed by atoms with Gasteiger partial charge in [0, 0.05) is 13.1 Å². The van der Waals surface area contributed by atoms with Gasteiger partial charge in [0.2, 0.25) is 0 Å². The van der Waals surface area contributed by atoms with Crippen LogP contribution in [0.15, 0.2) is 23.3 Å². The van der Waals surface area contributed by atoms with Crippen molar-refractivity contribution in [1.29, 1.82) is 0 Å². The van der Waals surface area contributed by atoms with Gasteiger partial charge >= 0.3 is 0 Å². The fraction of sp³-hybridized carbons (Fsp3) is 0.364. The maximum Gasteiger partial charge on any atom is 0.189 e. The lowest BCUT2D eigenvalue weighted by molar-refractivity contribution is 0.509. The number of amidine groups is 1. The Morgan fingerprint density at radius 1 is 1.44 bits per heavy atom. The fourth-order valence-electron chi connectivity index (χ4n) is 1.71. The molecule has 3 N–H and O–H groups in total. The van der Waals surface area contributed by atoms with Gasteiger partial charge in [-0.25, -0.2) is 4.98 Å². The molecule has 2 rings (SSSR count). The van der Waals surface area contributed by atoms with Gasteiger partial charge in [-0.2, -0.15) is 5.10 Å². The van der Waals surface area contributed by atoms with Crippen molar-refractivity contribution >= 4 is 34.8 Å². The van der Waals surface area contributed by atoms with Crippen molar-refractivity contribution in [3.05, 3.63) is 29.0 Å². The number of hydrogen-bond donors (Lipinski definition) is 2. The Bertz CT molecular complexity index is 470. The highest BCUT2D eigenvalue weighted by atomic mass is 35.5. The average molecular weight is 284 g/mol. The van der Waals surface area contributed by atoms with Gasteiger partial charge in [0.05, 0.1) is 0 Å². The quantitative estimate of drug-likeness (QED) is 0.282. The first kappa shape index (κ1) is 13.0. The zero-order chi connectivity index (χ0) is 13.0. The first-order chi connectivity index (χ1) is 8.66. The molecule has 1 fully saturated rings. The van der Waals surface area contributed by atoms with Crippen LogP contribution in [-0.4, -0.2) is 33.9 Å². The van der Waals surface area contributed by atoms with Gasteiger partial charge in [0.1, 0.15) is 10.8 Å². The van der Waals surface area contributed by atoms with Crippen molar-refractivity contribution in [1.82, 2.24) is 15.3 Å². The summed E-state index contributed by atoms with van der Waals surface area (Å²) in [4.78, 5) is 6.13. The summed E-state index contributed by atoms with van der Waals surface area (Å²) < 4.78 is 0. The van der Waals surface area contributed by atoms with Gasteiger partial charge in [-0.3, -0.25) is 5.43 Å². The Morgan fingerprint density at radius 3 is 2.83 bits per heavy atom. The SMILES string of the molecule is N/C(=N\NC(=S)N1CCCC1)c1cccc(Cl)n1. The second kappa shape index (κ2) is 5.97. The Labute approximate surface area is 116 Å². The van der Waals surface area contributed by atoms with Crippen molar-refractivity contribution in [2.45, 2.75) is 12.8 Å². The number of halogens is 1. The summed E-state index contributed by atoms with van der Waals surface area (Å²) in [6.07, 6.45) is 2.33. The molecule has 1 aromatic rings. The van der Waals surface area contributed by atoms with Crippen LogP contribution in [0.1, 0.15) is 18.5 Å². The van der Waals surface area contributed by atoms with Gasteiger partial charge < -0.3 is 10.6 Å². The van der Waals surface area contributed by atoms with Crippen molar-refractivity contribution in [2.24, 2.45) is 10.8 Å². The average Bonchev–Trinajstić information content (AvgIpc) is 2.89. The monoisotopic (exact) mass is 283 g/mol. The number of nitrogens with one attached hydrogen (secondary N) is 1. The van der Waals surface area contributed by atoms with E-state index in [1.807, 2.05) is 0 Å². The number of likely N-dealkylation sites (tertiary alicyclic amines) is 1. The molecule has 0 aromatic carbocycles. The molecule has 1 aliphatic heterocycles. The molecular formula is C11H14ClN5S. The van der Waals surface area contributed by atoms with Gasteiger partial charge in [0.15, 0.2) is 10.9 Å². The first-order valence-electron chi connectivity index (χ1n) is 5.68. The Balaban J connectivity index is 1.98. The van der Waals surface area contributed by atoms with E-state index in [0.717, 1.165) is 25.9 Å². The molecule has 0 radical (unpaired) electrons. The number of nitrogens with two attached hydrogens (primary N) is 1. The van der Waals surface area contributed by atoms with E-state index in [4.69, 9.17) is 29.6 Å². The Kier molecular flexibility index (Phi) is 4.33. The number of thiocarbonyl (C=S) groups is 1. The van der Waals surface area contributed by atoms with E-state index < -0.39 is 0 Å². The van der Waals surface area contributed by atoms with Crippen LogP contribution in [0.25, 0.3) is 0 Å². The minimum Gasteiger partial charge on any atom is -0.380 e. The Hall–Kier alpha value is -1.40. The molecule has 18 heavy (non-hydrogen) atoms. The third kappa shape index (κ3) is 3.30. The molecule has 1 saturated heterocycles. The number of nitrogens with zero attached hydrogens (tertiary/aromatic N) is 3. The minimum atomic E-state index is 0.263.